The summed E-state index contributed by atoms with van der Waals surface area (Å²) in [4.78, 5) is 12.0. The molecule has 0 spiro atoms. The first-order chi connectivity index (χ1) is 9.22. The Morgan fingerprint density at radius 2 is 2.05 bits per heavy atom. The average molecular weight is 293 g/mol. The van der Waals surface area contributed by atoms with Crippen LogP contribution in [-0.4, -0.2) is 28.8 Å². The highest BCUT2D eigenvalue weighted by molar-refractivity contribution is 8.01. The van der Waals surface area contributed by atoms with Crippen LogP contribution in [0, 0.1) is 0 Å². The van der Waals surface area contributed by atoms with Gasteiger partial charge in [-0.15, -0.1) is 10.2 Å². The molecule has 0 aliphatic carbocycles. The molecule has 2 aromatic rings. The van der Waals surface area contributed by atoms with Crippen LogP contribution in [0.5, 0.6) is 0 Å². The van der Waals surface area contributed by atoms with Gasteiger partial charge < -0.3 is 5.32 Å². The van der Waals surface area contributed by atoms with Gasteiger partial charge in [-0.05, 0) is 12.0 Å². The van der Waals surface area contributed by atoms with Crippen LogP contribution in [0.15, 0.2) is 28.6 Å². The Bertz CT molecular complexity index is 551. The van der Waals surface area contributed by atoms with E-state index >= 15 is 0 Å². The Kier molecular flexibility index (Phi) is 4.93. The van der Waals surface area contributed by atoms with Crippen molar-refractivity contribution in [2.24, 2.45) is 0 Å². The molecule has 0 unspecified atom stereocenters. The fourth-order valence-electron chi connectivity index (χ4n) is 1.51. The van der Waals surface area contributed by atoms with Gasteiger partial charge in [-0.2, -0.15) is 0 Å². The number of thioether (sulfide) groups is 1. The van der Waals surface area contributed by atoms with Crippen molar-refractivity contribution in [1.82, 2.24) is 10.2 Å². The molecule has 0 amide bonds. The Morgan fingerprint density at radius 3 is 2.63 bits per heavy atom. The number of aryl methyl sites for hydroxylation is 1. The Hall–Kier alpha value is -1.40. The minimum absolute atomic E-state index is 0.119. The van der Waals surface area contributed by atoms with E-state index in [9.17, 15) is 4.79 Å². The molecule has 2 rings (SSSR count). The molecule has 0 fully saturated rings. The highest BCUT2D eigenvalue weighted by Crippen LogP contribution is 2.25. The lowest BCUT2D eigenvalue weighted by Crippen LogP contribution is -2.02. The van der Waals surface area contributed by atoms with E-state index in [4.69, 9.17) is 0 Å². The van der Waals surface area contributed by atoms with Crippen LogP contribution >= 0.6 is 23.1 Å². The second-order valence-corrected chi connectivity index (χ2v) is 6.09. The molecule has 0 atom stereocenters. The maximum Gasteiger partial charge on any atom is 0.206 e. The van der Waals surface area contributed by atoms with E-state index in [2.05, 4.69) is 22.4 Å². The second kappa shape index (κ2) is 6.68. The molecule has 0 saturated heterocycles. The molecule has 6 heteroatoms. The number of hydrogen-bond donors (Lipinski definition) is 1. The zero-order chi connectivity index (χ0) is 13.7. The highest BCUT2D eigenvalue weighted by Gasteiger charge is 2.09. The number of nitrogens with one attached hydrogen (secondary N) is 1. The molecule has 1 aromatic carbocycles. The van der Waals surface area contributed by atoms with Crippen molar-refractivity contribution in [2.75, 3.05) is 18.1 Å². The van der Waals surface area contributed by atoms with Crippen LogP contribution < -0.4 is 5.32 Å². The maximum atomic E-state index is 12.0. The van der Waals surface area contributed by atoms with Gasteiger partial charge in [0.15, 0.2) is 10.1 Å². The standard InChI is InChI=1S/C13H15N3OS2/c1-3-9-4-6-10(7-5-9)11(17)8-18-13-16-15-12(14-2)19-13/h4-7H,3,8H2,1-2H3,(H,14,15). The van der Waals surface area contributed by atoms with Crippen LogP contribution in [0.1, 0.15) is 22.8 Å². The number of carbonyl (C=O) groups excluding carboxylic acids is 1. The highest BCUT2D eigenvalue weighted by atomic mass is 32.2. The lowest BCUT2D eigenvalue weighted by molar-refractivity contribution is 0.102. The van der Waals surface area contributed by atoms with E-state index in [1.807, 2.05) is 24.3 Å². The molecule has 0 bridgehead atoms. The quantitative estimate of drug-likeness (QED) is 0.655. The van der Waals surface area contributed by atoms with Gasteiger partial charge in [0.25, 0.3) is 0 Å². The Morgan fingerprint density at radius 1 is 1.32 bits per heavy atom. The number of ketones is 1. The summed E-state index contributed by atoms with van der Waals surface area (Å²) < 4.78 is 0.808. The molecular formula is C13H15N3OS2. The fourth-order valence-corrected chi connectivity index (χ4v) is 3.11. The molecule has 0 radical (unpaired) electrons. The van der Waals surface area contributed by atoms with Crippen LogP contribution in [-0.2, 0) is 6.42 Å². The minimum atomic E-state index is 0.119. The van der Waals surface area contributed by atoms with Gasteiger partial charge in [0.2, 0.25) is 5.13 Å². The fraction of sp³-hybridized carbons (Fsp3) is 0.308. The number of benzene rings is 1. The van der Waals surface area contributed by atoms with Gasteiger partial charge in [0, 0.05) is 12.6 Å². The lowest BCUT2D eigenvalue weighted by atomic mass is 10.1. The van der Waals surface area contributed by atoms with Crippen molar-refractivity contribution in [3.05, 3.63) is 35.4 Å². The topological polar surface area (TPSA) is 54.9 Å². The summed E-state index contributed by atoms with van der Waals surface area (Å²) in [7, 11) is 1.80. The molecule has 100 valence electrons. The summed E-state index contributed by atoms with van der Waals surface area (Å²) in [6, 6.07) is 7.78. The van der Waals surface area contributed by atoms with E-state index in [0.29, 0.717) is 5.75 Å². The summed E-state index contributed by atoms with van der Waals surface area (Å²) in [5.74, 6) is 0.512. The first-order valence-corrected chi connectivity index (χ1v) is 7.79. The third-order valence-electron chi connectivity index (χ3n) is 2.63. The van der Waals surface area contributed by atoms with Gasteiger partial charge in [-0.1, -0.05) is 54.3 Å². The summed E-state index contributed by atoms with van der Waals surface area (Å²) in [5.41, 5.74) is 2.00. The third kappa shape index (κ3) is 3.78. The number of rotatable bonds is 6. The lowest BCUT2D eigenvalue weighted by Gasteiger charge is -2.01. The third-order valence-corrected chi connectivity index (χ3v) is 4.71. The number of hydrogen-bond acceptors (Lipinski definition) is 6. The SMILES string of the molecule is CCc1ccc(C(=O)CSc2nnc(NC)s2)cc1. The summed E-state index contributed by atoms with van der Waals surface area (Å²) in [6.45, 7) is 2.10. The van der Waals surface area contributed by atoms with Crippen molar-refractivity contribution >= 4 is 34.0 Å². The van der Waals surface area contributed by atoms with Crippen molar-refractivity contribution in [3.8, 4) is 0 Å². The van der Waals surface area contributed by atoms with Crippen molar-refractivity contribution in [2.45, 2.75) is 17.7 Å². The van der Waals surface area contributed by atoms with Crippen LogP contribution in [0.2, 0.25) is 0 Å². The van der Waals surface area contributed by atoms with E-state index in [-0.39, 0.29) is 5.78 Å². The molecule has 1 aromatic heterocycles. The predicted molar refractivity (Wildman–Crippen MR) is 80.3 cm³/mol. The Balaban J connectivity index is 1.93. The molecule has 4 nitrogen and oxygen atoms in total. The van der Waals surface area contributed by atoms with Crippen LogP contribution in [0.3, 0.4) is 0 Å². The largest absolute Gasteiger partial charge is 0.363 e. The number of Topliss-reactive ketones (excluding diaryl/α,β-unsaturated/α-hetero) is 1. The number of aromatic nitrogens is 2. The predicted octanol–water partition coefficient (Wildman–Crippen LogP) is 3.12. The minimum Gasteiger partial charge on any atom is -0.363 e. The number of nitrogens with zero attached hydrogens (tertiary/aromatic N) is 2. The monoisotopic (exact) mass is 293 g/mol. The molecular weight excluding hydrogens is 278 g/mol. The van der Waals surface area contributed by atoms with Gasteiger partial charge in [-0.3, -0.25) is 4.79 Å². The second-order valence-electron chi connectivity index (χ2n) is 3.89. The summed E-state index contributed by atoms with van der Waals surface area (Å²) in [6.07, 6.45) is 0.987. The zero-order valence-electron chi connectivity index (χ0n) is 10.8. The van der Waals surface area contributed by atoms with Crippen molar-refractivity contribution in [1.29, 1.82) is 0 Å². The normalized spacial score (nSPS) is 10.4. The maximum absolute atomic E-state index is 12.0. The van der Waals surface area contributed by atoms with E-state index in [1.165, 1.54) is 28.7 Å². The van der Waals surface area contributed by atoms with Crippen LogP contribution in [0.4, 0.5) is 5.13 Å². The first-order valence-electron chi connectivity index (χ1n) is 5.99. The number of anilines is 1. The number of carbonyl (C=O) groups is 1. The molecule has 1 N–H and O–H groups in total. The smallest absolute Gasteiger partial charge is 0.206 e. The molecule has 1 heterocycles. The van der Waals surface area contributed by atoms with E-state index in [0.717, 1.165) is 21.5 Å². The van der Waals surface area contributed by atoms with E-state index < -0.39 is 0 Å². The molecule has 0 saturated carbocycles. The van der Waals surface area contributed by atoms with Crippen molar-refractivity contribution in [3.63, 3.8) is 0 Å². The molecule has 0 aliphatic heterocycles. The van der Waals surface area contributed by atoms with E-state index in [1.54, 1.807) is 7.05 Å². The average Bonchev–Trinajstić information content (AvgIpc) is 2.93. The van der Waals surface area contributed by atoms with Gasteiger partial charge >= 0.3 is 0 Å². The molecule has 0 aliphatic rings. The molecule has 19 heavy (non-hydrogen) atoms. The van der Waals surface area contributed by atoms with Crippen LogP contribution in [0.25, 0.3) is 0 Å². The first kappa shape index (κ1) is 14.0. The van der Waals surface area contributed by atoms with Crippen molar-refractivity contribution < 1.29 is 4.79 Å². The summed E-state index contributed by atoms with van der Waals surface area (Å²) >= 11 is 2.88. The van der Waals surface area contributed by atoms with Gasteiger partial charge in [-0.25, -0.2) is 0 Å². The van der Waals surface area contributed by atoms with Gasteiger partial charge in [0.1, 0.15) is 0 Å². The Labute approximate surface area is 120 Å². The van der Waals surface area contributed by atoms with Gasteiger partial charge in [0.05, 0.1) is 5.75 Å². The zero-order valence-corrected chi connectivity index (χ0v) is 12.5. The summed E-state index contributed by atoms with van der Waals surface area (Å²) in [5, 5.41) is 11.6.